The molecule has 78 valence electrons. The Kier molecular flexibility index (Phi) is 2.50. The molecule has 0 heterocycles. The molecule has 1 aromatic carbocycles. The fraction of sp³-hybridized carbons (Fsp3) is 0.143. The Labute approximate surface area is 75.0 Å². The van der Waals surface area contributed by atoms with Gasteiger partial charge in [-0.2, -0.15) is 13.2 Å². The Hall–Kier alpha value is -1.53. The number of hydrogen-bond acceptors (Lipinski definition) is 2. The number of phenolic OH excluding ortho intramolecular Hbond substituents is 1. The van der Waals surface area contributed by atoms with E-state index in [9.17, 15) is 22.0 Å². The normalized spacial score (nSPS) is 11.5. The van der Waals surface area contributed by atoms with Gasteiger partial charge in [0.1, 0.15) is 5.82 Å². The number of hydrogen-bond donors (Lipinski definition) is 2. The molecular weight excluding hydrogens is 209 g/mol. The zero-order valence-corrected chi connectivity index (χ0v) is 6.49. The summed E-state index contributed by atoms with van der Waals surface area (Å²) in [6, 6.07) is 0.474. The summed E-state index contributed by atoms with van der Waals surface area (Å²) >= 11 is 0. The quantitative estimate of drug-likeness (QED) is 0.427. The largest absolute Gasteiger partial charge is 0.505 e. The zero-order chi connectivity index (χ0) is 10.9. The first-order valence-electron chi connectivity index (χ1n) is 3.32. The van der Waals surface area contributed by atoms with Gasteiger partial charge in [0, 0.05) is 12.1 Å². The van der Waals surface area contributed by atoms with E-state index in [4.69, 9.17) is 5.11 Å². The number of alkyl halides is 3. The van der Waals surface area contributed by atoms with Crippen LogP contribution in [-0.2, 0) is 0 Å². The molecule has 0 saturated carbocycles. The number of halogens is 5. The van der Waals surface area contributed by atoms with Crippen molar-refractivity contribution in [2.45, 2.75) is 6.30 Å². The maximum Gasteiger partial charge on any atom is 0.482 e. The standard InChI is InChI=1S/C7H4F5NO/c8-3-2-6(14)4(9)1-5(3)13-7(10,11)12/h1-2,13-14H. The molecule has 0 aliphatic heterocycles. The van der Waals surface area contributed by atoms with Crippen LogP contribution in [0.15, 0.2) is 12.1 Å². The van der Waals surface area contributed by atoms with E-state index in [1.807, 2.05) is 0 Å². The monoisotopic (exact) mass is 213 g/mol. The second-order valence-corrected chi connectivity index (χ2v) is 2.41. The summed E-state index contributed by atoms with van der Waals surface area (Å²) in [4.78, 5) is 0. The lowest BCUT2D eigenvalue weighted by Gasteiger charge is -2.10. The van der Waals surface area contributed by atoms with Gasteiger partial charge >= 0.3 is 6.30 Å². The lowest BCUT2D eigenvalue weighted by atomic mass is 10.3. The number of nitrogens with one attached hydrogen (secondary N) is 1. The molecule has 0 aliphatic carbocycles. The fourth-order valence-electron chi connectivity index (χ4n) is 0.785. The van der Waals surface area contributed by atoms with Gasteiger partial charge < -0.3 is 5.11 Å². The van der Waals surface area contributed by atoms with Gasteiger partial charge in [-0.3, -0.25) is 5.32 Å². The van der Waals surface area contributed by atoms with Gasteiger partial charge in [0.05, 0.1) is 5.69 Å². The molecule has 0 amide bonds. The van der Waals surface area contributed by atoms with Crippen LogP contribution in [0.25, 0.3) is 0 Å². The maximum absolute atomic E-state index is 12.7. The van der Waals surface area contributed by atoms with E-state index in [1.54, 1.807) is 0 Å². The minimum atomic E-state index is -4.86. The molecule has 0 unspecified atom stereocenters. The first-order valence-corrected chi connectivity index (χ1v) is 3.32. The molecule has 2 N–H and O–H groups in total. The average Bonchev–Trinajstić information content (AvgIpc) is 1.97. The van der Waals surface area contributed by atoms with E-state index < -0.39 is 29.4 Å². The Morgan fingerprint density at radius 2 is 1.64 bits per heavy atom. The van der Waals surface area contributed by atoms with E-state index in [-0.39, 0.29) is 12.1 Å². The van der Waals surface area contributed by atoms with Crippen LogP contribution < -0.4 is 5.32 Å². The van der Waals surface area contributed by atoms with Gasteiger partial charge in [0.15, 0.2) is 11.6 Å². The van der Waals surface area contributed by atoms with Crippen molar-refractivity contribution < 1.29 is 27.1 Å². The molecule has 7 heteroatoms. The fourth-order valence-corrected chi connectivity index (χ4v) is 0.785. The molecule has 0 saturated heterocycles. The van der Waals surface area contributed by atoms with Crippen molar-refractivity contribution >= 4 is 5.69 Å². The summed E-state index contributed by atoms with van der Waals surface area (Å²) in [5.41, 5.74) is -1.08. The summed E-state index contributed by atoms with van der Waals surface area (Å²) in [5, 5.41) is 9.39. The van der Waals surface area contributed by atoms with Crippen LogP contribution in [0.1, 0.15) is 0 Å². The summed E-state index contributed by atoms with van der Waals surface area (Å²) in [6.07, 6.45) is -4.86. The van der Waals surface area contributed by atoms with Crippen LogP contribution in [0.3, 0.4) is 0 Å². The lowest BCUT2D eigenvalue weighted by Crippen LogP contribution is -2.21. The van der Waals surface area contributed by atoms with Crippen LogP contribution in [0.2, 0.25) is 0 Å². The predicted octanol–water partition coefficient (Wildman–Crippen LogP) is 2.60. The summed E-state index contributed by atoms with van der Waals surface area (Å²) in [6.45, 7) is 0. The highest BCUT2D eigenvalue weighted by Gasteiger charge is 2.28. The number of anilines is 1. The smallest absolute Gasteiger partial charge is 0.482 e. The third-order valence-corrected chi connectivity index (χ3v) is 1.31. The minimum Gasteiger partial charge on any atom is -0.505 e. The number of phenols is 1. The highest BCUT2D eigenvalue weighted by atomic mass is 19.4. The summed E-state index contributed by atoms with van der Waals surface area (Å²) in [7, 11) is 0. The second-order valence-electron chi connectivity index (χ2n) is 2.41. The van der Waals surface area contributed by atoms with Crippen LogP contribution in [0.5, 0.6) is 5.75 Å². The molecular formula is C7H4F5NO. The topological polar surface area (TPSA) is 32.3 Å². The molecule has 0 atom stereocenters. The summed E-state index contributed by atoms with van der Waals surface area (Å²) < 4.78 is 60.3. The number of rotatable bonds is 1. The van der Waals surface area contributed by atoms with Crippen molar-refractivity contribution in [3.8, 4) is 5.75 Å². The van der Waals surface area contributed by atoms with Gasteiger partial charge in [-0.15, -0.1) is 0 Å². The maximum atomic E-state index is 12.7. The second kappa shape index (κ2) is 3.32. The van der Waals surface area contributed by atoms with Crippen molar-refractivity contribution in [2.75, 3.05) is 5.32 Å². The molecule has 1 rings (SSSR count). The summed E-state index contributed by atoms with van der Waals surface area (Å²) in [5.74, 6) is -3.77. The molecule has 2 nitrogen and oxygen atoms in total. The first-order chi connectivity index (χ1) is 6.29. The molecule has 0 radical (unpaired) electrons. The Balaban J connectivity index is 3.04. The SMILES string of the molecule is Oc1cc(F)c(NC(F)(F)F)cc1F. The van der Waals surface area contributed by atoms with Gasteiger partial charge in [-0.25, -0.2) is 8.78 Å². The Bertz CT molecular complexity index is 349. The third-order valence-electron chi connectivity index (χ3n) is 1.31. The van der Waals surface area contributed by atoms with Gasteiger partial charge in [-0.1, -0.05) is 0 Å². The molecule has 1 aromatic rings. The van der Waals surface area contributed by atoms with E-state index >= 15 is 0 Å². The van der Waals surface area contributed by atoms with Crippen molar-refractivity contribution in [1.29, 1.82) is 0 Å². The van der Waals surface area contributed by atoms with Gasteiger partial charge in [0.2, 0.25) is 0 Å². The molecule has 0 bridgehead atoms. The molecule has 14 heavy (non-hydrogen) atoms. The van der Waals surface area contributed by atoms with Gasteiger partial charge in [-0.05, 0) is 0 Å². The van der Waals surface area contributed by atoms with Crippen molar-refractivity contribution in [2.24, 2.45) is 0 Å². The van der Waals surface area contributed by atoms with Crippen LogP contribution in [-0.4, -0.2) is 11.4 Å². The van der Waals surface area contributed by atoms with Gasteiger partial charge in [0.25, 0.3) is 0 Å². The molecule has 0 aromatic heterocycles. The third kappa shape index (κ3) is 2.48. The minimum absolute atomic E-state index is 0.220. The van der Waals surface area contributed by atoms with Crippen LogP contribution in [0.4, 0.5) is 27.6 Å². The molecule has 0 aliphatic rings. The van der Waals surface area contributed by atoms with E-state index in [0.29, 0.717) is 0 Å². The average molecular weight is 213 g/mol. The highest BCUT2D eigenvalue weighted by Crippen LogP contribution is 2.27. The lowest BCUT2D eigenvalue weighted by molar-refractivity contribution is -0.100. The Morgan fingerprint density at radius 1 is 1.07 bits per heavy atom. The first kappa shape index (κ1) is 10.6. The van der Waals surface area contributed by atoms with Crippen molar-refractivity contribution in [3.63, 3.8) is 0 Å². The Morgan fingerprint density at radius 3 is 2.14 bits per heavy atom. The van der Waals surface area contributed by atoms with E-state index in [0.717, 1.165) is 5.32 Å². The van der Waals surface area contributed by atoms with Crippen molar-refractivity contribution in [3.05, 3.63) is 23.8 Å². The zero-order valence-electron chi connectivity index (χ0n) is 6.49. The van der Waals surface area contributed by atoms with Crippen LogP contribution in [0, 0.1) is 11.6 Å². The highest BCUT2D eigenvalue weighted by molar-refractivity contribution is 5.49. The van der Waals surface area contributed by atoms with E-state index in [2.05, 4.69) is 0 Å². The number of benzene rings is 1. The van der Waals surface area contributed by atoms with Crippen molar-refractivity contribution in [1.82, 2.24) is 0 Å². The predicted molar refractivity (Wildman–Crippen MR) is 37.7 cm³/mol. The number of aromatic hydroxyl groups is 1. The van der Waals surface area contributed by atoms with E-state index in [1.165, 1.54) is 0 Å². The van der Waals surface area contributed by atoms with Crippen LogP contribution >= 0.6 is 0 Å². The molecule has 0 fully saturated rings. The molecule has 0 spiro atoms.